The normalized spacial score (nSPS) is 19.6. The van der Waals surface area contributed by atoms with Crippen LogP contribution in [0.25, 0.3) is 10.8 Å². The summed E-state index contributed by atoms with van der Waals surface area (Å²) in [4.78, 5) is 14.5. The van der Waals surface area contributed by atoms with Crippen molar-refractivity contribution in [3.8, 4) is 5.75 Å². The van der Waals surface area contributed by atoms with Gasteiger partial charge in [-0.05, 0) is 31.1 Å². The van der Waals surface area contributed by atoms with E-state index in [-0.39, 0.29) is 24.7 Å². The number of amides is 2. The van der Waals surface area contributed by atoms with Gasteiger partial charge in [-0.15, -0.1) is 0 Å². The first-order valence-electron chi connectivity index (χ1n) is 9.10. The number of benzene rings is 2. The van der Waals surface area contributed by atoms with Gasteiger partial charge in [0.1, 0.15) is 5.75 Å². The van der Waals surface area contributed by atoms with Crippen molar-refractivity contribution >= 4 is 16.8 Å². The molecule has 0 bridgehead atoms. The first kappa shape index (κ1) is 16.2. The van der Waals surface area contributed by atoms with Crippen molar-refractivity contribution in [1.82, 2.24) is 10.2 Å². The zero-order valence-electron chi connectivity index (χ0n) is 14.3. The standard InChI is InChI=1S/C20H24N2O3/c23-12-11-22(15-8-9-15)20(24)21-18-6-3-13-25-19-16-5-2-1-4-14(16)7-10-17(18)19/h1-2,4-5,7,10,15,18,23H,3,6,8-9,11-13H2,(H,21,24). The van der Waals surface area contributed by atoms with Gasteiger partial charge in [0.25, 0.3) is 0 Å². The van der Waals surface area contributed by atoms with Crippen LogP contribution in [0.4, 0.5) is 4.79 Å². The van der Waals surface area contributed by atoms with E-state index in [0.29, 0.717) is 13.2 Å². The number of fused-ring (bicyclic) bond motifs is 3. The number of ether oxygens (including phenoxy) is 1. The smallest absolute Gasteiger partial charge is 0.318 e. The van der Waals surface area contributed by atoms with Gasteiger partial charge in [0.05, 0.1) is 19.3 Å². The van der Waals surface area contributed by atoms with Gasteiger partial charge in [0, 0.05) is 23.5 Å². The number of nitrogens with one attached hydrogen (secondary N) is 1. The Morgan fingerprint density at radius 3 is 2.84 bits per heavy atom. The Bertz CT molecular complexity index is 773. The lowest BCUT2D eigenvalue weighted by Gasteiger charge is -2.26. The maximum absolute atomic E-state index is 12.7. The lowest BCUT2D eigenvalue weighted by Crippen LogP contribution is -2.44. The number of carbonyl (C=O) groups excluding carboxylic acids is 1. The molecule has 5 heteroatoms. The Hall–Kier alpha value is -2.27. The molecule has 0 spiro atoms. The topological polar surface area (TPSA) is 61.8 Å². The monoisotopic (exact) mass is 340 g/mol. The van der Waals surface area contributed by atoms with Crippen molar-refractivity contribution in [2.24, 2.45) is 0 Å². The quantitative estimate of drug-likeness (QED) is 0.898. The molecule has 25 heavy (non-hydrogen) atoms. The molecule has 1 unspecified atom stereocenters. The molecule has 2 aliphatic rings. The van der Waals surface area contributed by atoms with Crippen LogP contribution >= 0.6 is 0 Å². The molecule has 2 aromatic rings. The summed E-state index contributed by atoms with van der Waals surface area (Å²) in [6.07, 6.45) is 3.82. The maximum Gasteiger partial charge on any atom is 0.318 e. The highest BCUT2D eigenvalue weighted by Gasteiger charge is 2.33. The third-order valence-electron chi connectivity index (χ3n) is 5.06. The lowest BCUT2D eigenvalue weighted by atomic mass is 9.98. The summed E-state index contributed by atoms with van der Waals surface area (Å²) in [6.45, 7) is 1.06. The summed E-state index contributed by atoms with van der Waals surface area (Å²) >= 11 is 0. The van der Waals surface area contributed by atoms with Gasteiger partial charge in [-0.25, -0.2) is 4.79 Å². The van der Waals surface area contributed by atoms with Gasteiger partial charge in [0.15, 0.2) is 0 Å². The highest BCUT2D eigenvalue weighted by molar-refractivity contribution is 5.90. The average molecular weight is 340 g/mol. The second kappa shape index (κ2) is 6.92. The summed E-state index contributed by atoms with van der Waals surface area (Å²) in [5.74, 6) is 0.890. The summed E-state index contributed by atoms with van der Waals surface area (Å²) in [7, 11) is 0. The Morgan fingerprint density at radius 1 is 1.20 bits per heavy atom. The lowest BCUT2D eigenvalue weighted by molar-refractivity contribution is 0.170. The number of hydrogen-bond donors (Lipinski definition) is 2. The van der Waals surface area contributed by atoms with E-state index in [1.54, 1.807) is 4.90 Å². The molecule has 132 valence electrons. The van der Waals surface area contributed by atoms with E-state index in [0.717, 1.165) is 47.8 Å². The Morgan fingerprint density at radius 2 is 2.04 bits per heavy atom. The molecule has 5 nitrogen and oxygen atoms in total. The van der Waals surface area contributed by atoms with Crippen molar-refractivity contribution in [3.63, 3.8) is 0 Å². The van der Waals surface area contributed by atoms with Crippen LogP contribution in [0.15, 0.2) is 36.4 Å². The third kappa shape index (κ3) is 3.29. The largest absolute Gasteiger partial charge is 0.493 e. The Balaban J connectivity index is 1.62. The van der Waals surface area contributed by atoms with Gasteiger partial charge < -0.3 is 20.1 Å². The number of aliphatic hydroxyl groups excluding tert-OH is 1. The highest BCUT2D eigenvalue weighted by atomic mass is 16.5. The van der Waals surface area contributed by atoms with Gasteiger partial charge >= 0.3 is 6.03 Å². The number of nitrogens with zero attached hydrogens (tertiary/aromatic N) is 1. The van der Waals surface area contributed by atoms with Crippen molar-refractivity contribution in [2.75, 3.05) is 19.8 Å². The minimum absolute atomic E-state index is 0.00107. The first-order valence-corrected chi connectivity index (χ1v) is 9.10. The number of carbonyl (C=O) groups is 1. The zero-order chi connectivity index (χ0) is 17.2. The molecular formula is C20H24N2O3. The van der Waals surface area contributed by atoms with Crippen molar-refractivity contribution in [1.29, 1.82) is 0 Å². The van der Waals surface area contributed by atoms with E-state index in [4.69, 9.17) is 4.74 Å². The first-order chi connectivity index (χ1) is 12.3. The van der Waals surface area contributed by atoms with Crippen molar-refractivity contribution in [2.45, 2.75) is 37.8 Å². The van der Waals surface area contributed by atoms with Crippen LogP contribution in [0.3, 0.4) is 0 Å². The predicted octanol–water partition coefficient (Wildman–Crippen LogP) is 3.22. The molecule has 1 heterocycles. The van der Waals surface area contributed by atoms with Crippen LogP contribution in [-0.4, -0.2) is 41.8 Å². The van der Waals surface area contributed by atoms with E-state index in [1.165, 1.54) is 0 Å². The molecule has 0 saturated heterocycles. The molecule has 1 aliphatic carbocycles. The number of rotatable bonds is 4. The summed E-state index contributed by atoms with van der Waals surface area (Å²) in [6, 6.07) is 12.5. The molecule has 4 rings (SSSR count). The minimum atomic E-state index is -0.0810. The number of urea groups is 1. The number of hydrogen-bond acceptors (Lipinski definition) is 3. The van der Waals surface area contributed by atoms with E-state index < -0.39 is 0 Å². The zero-order valence-corrected chi connectivity index (χ0v) is 14.3. The molecule has 0 radical (unpaired) electrons. The summed E-state index contributed by atoms with van der Waals surface area (Å²) in [5.41, 5.74) is 1.05. The van der Waals surface area contributed by atoms with Gasteiger partial charge in [-0.1, -0.05) is 36.4 Å². The second-order valence-corrected chi connectivity index (χ2v) is 6.85. The molecule has 1 atom stereocenters. The molecule has 1 aliphatic heterocycles. The van der Waals surface area contributed by atoms with Crippen LogP contribution in [0, 0.1) is 0 Å². The van der Waals surface area contributed by atoms with E-state index in [1.807, 2.05) is 12.1 Å². The van der Waals surface area contributed by atoms with Gasteiger partial charge in [-0.2, -0.15) is 0 Å². The second-order valence-electron chi connectivity index (χ2n) is 6.85. The van der Waals surface area contributed by atoms with E-state index >= 15 is 0 Å². The SMILES string of the molecule is O=C(NC1CCCOc2c1ccc1ccccc21)N(CCO)C1CC1. The van der Waals surface area contributed by atoms with Crippen LogP contribution in [0.2, 0.25) is 0 Å². The van der Waals surface area contributed by atoms with Crippen LogP contribution in [-0.2, 0) is 0 Å². The van der Waals surface area contributed by atoms with Crippen molar-refractivity contribution in [3.05, 3.63) is 42.0 Å². The molecule has 2 amide bonds. The fourth-order valence-electron chi connectivity index (χ4n) is 3.64. The van der Waals surface area contributed by atoms with Crippen LogP contribution < -0.4 is 10.1 Å². The third-order valence-corrected chi connectivity index (χ3v) is 5.06. The molecule has 2 aromatic carbocycles. The van der Waals surface area contributed by atoms with Gasteiger partial charge in [0.2, 0.25) is 0 Å². The van der Waals surface area contributed by atoms with Crippen molar-refractivity contribution < 1.29 is 14.6 Å². The predicted molar refractivity (Wildman–Crippen MR) is 96.8 cm³/mol. The molecule has 1 saturated carbocycles. The molecule has 2 N–H and O–H groups in total. The fraction of sp³-hybridized carbons (Fsp3) is 0.450. The summed E-state index contributed by atoms with van der Waals surface area (Å²) < 4.78 is 6.04. The van der Waals surface area contributed by atoms with Gasteiger partial charge in [-0.3, -0.25) is 0 Å². The maximum atomic E-state index is 12.7. The average Bonchev–Trinajstić information content (AvgIpc) is 3.47. The number of aliphatic hydroxyl groups is 1. The minimum Gasteiger partial charge on any atom is -0.493 e. The van der Waals surface area contributed by atoms with Crippen LogP contribution in [0.1, 0.15) is 37.3 Å². The van der Waals surface area contributed by atoms with E-state index in [9.17, 15) is 9.90 Å². The fourth-order valence-corrected chi connectivity index (χ4v) is 3.64. The Labute approximate surface area is 147 Å². The molecule has 0 aromatic heterocycles. The van der Waals surface area contributed by atoms with E-state index in [2.05, 4.69) is 29.6 Å². The highest BCUT2D eigenvalue weighted by Crippen LogP contribution is 2.38. The molecular weight excluding hydrogens is 316 g/mol. The molecule has 1 fully saturated rings. The summed E-state index contributed by atoms with van der Waals surface area (Å²) in [5, 5.41) is 14.7. The van der Waals surface area contributed by atoms with Crippen LogP contribution in [0.5, 0.6) is 5.75 Å². The Kier molecular flexibility index (Phi) is 4.49.